The van der Waals surface area contributed by atoms with E-state index in [9.17, 15) is 10.5 Å². The molecular formula is C45H29N3. The molecule has 0 unspecified atom stereocenters. The highest BCUT2D eigenvalue weighted by atomic mass is 15.1. The monoisotopic (exact) mass is 611 g/mol. The van der Waals surface area contributed by atoms with Crippen LogP contribution in [0.2, 0.25) is 0 Å². The molecule has 8 aromatic rings. The van der Waals surface area contributed by atoms with E-state index in [1.807, 2.05) is 31.2 Å². The molecule has 0 atom stereocenters. The highest BCUT2D eigenvalue weighted by Crippen LogP contribution is 2.38. The van der Waals surface area contributed by atoms with Gasteiger partial charge >= 0.3 is 0 Å². The molecule has 0 saturated heterocycles. The maximum Gasteiger partial charge on any atom is 0.101 e. The van der Waals surface area contributed by atoms with Crippen LogP contribution in [0.15, 0.2) is 146 Å². The van der Waals surface area contributed by atoms with Gasteiger partial charge in [-0.2, -0.15) is 10.5 Å². The summed E-state index contributed by atoms with van der Waals surface area (Å²) in [5.41, 5.74) is 7.19. The van der Waals surface area contributed by atoms with Crippen LogP contribution in [0.25, 0.3) is 55.2 Å². The fourth-order valence-corrected chi connectivity index (χ4v) is 6.71. The summed E-state index contributed by atoms with van der Waals surface area (Å²) < 4.78 is 0. The fourth-order valence-electron chi connectivity index (χ4n) is 6.71. The van der Waals surface area contributed by atoms with Crippen LogP contribution in [0.1, 0.15) is 27.8 Å². The van der Waals surface area contributed by atoms with Gasteiger partial charge in [-0.15, -0.1) is 0 Å². The van der Waals surface area contributed by atoms with Gasteiger partial charge in [-0.1, -0.05) is 121 Å². The number of hydrogen-bond acceptors (Lipinski definition) is 3. The minimum Gasteiger partial charge on any atom is -0.310 e. The molecule has 0 heterocycles. The van der Waals surface area contributed by atoms with Crippen LogP contribution < -0.4 is 4.90 Å². The van der Waals surface area contributed by atoms with Crippen molar-refractivity contribution in [1.82, 2.24) is 0 Å². The number of rotatable bonds is 5. The zero-order valence-corrected chi connectivity index (χ0v) is 26.4. The Morgan fingerprint density at radius 1 is 0.438 bits per heavy atom. The quantitative estimate of drug-likeness (QED) is 0.144. The Labute approximate surface area is 279 Å². The van der Waals surface area contributed by atoms with E-state index in [2.05, 4.69) is 151 Å². The minimum absolute atomic E-state index is 0.424. The van der Waals surface area contributed by atoms with Crippen molar-refractivity contribution >= 4 is 72.3 Å². The Balaban J connectivity index is 1.16. The van der Waals surface area contributed by atoms with Crippen LogP contribution in [0.4, 0.5) is 17.1 Å². The topological polar surface area (TPSA) is 50.8 Å². The highest BCUT2D eigenvalue weighted by Gasteiger charge is 2.16. The van der Waals surface area contributed by atoms with Gasteiger partial charge in [0, 0.05) is 27.8 Å². The number of benzene rings is 8. The molecule has 0 aromatic heterocycles. The summed E-state index contributed by atoms with van der Waals surface area (Å²) in [6, 6.07) is 55.5. The number of aryl methyl sites for hydroxylation is 1. The normalized spacial score (nSPS) is 11.3. The Morgan fingerprint density at radius 2 is 0.917 bits per heavy atom. The van der Waals surface area contributed by atoms with E-state index in [1.165, 1.54) is 21.5 Å². The number of nitrogens with zero attached hydrogens (tertiary/aromatic N) is 3. The Morgan fingerprint density at radius 3 is 1.50 bits per heavy atom. The van der Waals surface area contributed by atoms with E-state index in [4.69, 9.17) is 0 Å². The maximum absolute atomic E-state index is 10.1. The van der Waals surface area contributed by atoms with Crippen LogP contribution in [-0.2, 0) is 0 Å². The molecule has 0 fully saturated rings. The summed E-state index contributed by atoms with van der Waals surface area (Å²) in [6.07, 6.45) is 4.15. The molecular weight excluding hydrogens is 583 g/mol. The molecule has 0 bridgehead atoms. The lowest BCUT2D eigenvalue weighted by molar-refractivity contribution is 1.29. The molecule has 224 valence electrons. The Kier molecular flexibility index (Phi) is 7.14. The minimum atomic E-state index is 0.424. The first-order valence-electron chi connectivity index (χ1n) is 16.0. The number of fused-ring (bicyclic) bond motifs is 5. The van der Waals surface area contributed by atoms with Gasteiger partial charge in [0.15, 0.2) is 0 Å². The number of nitriles is 2. The molecule has 3 heteroatoms. The summed E-state index contributed by atoms with van der Waals surface area (Å²) in [5, 5.41) is 28.5. The molecule has 3 nitrogen and oxygen atoms in total. The van der Waals surface area contributed by atoms with Gasteiger partial charge < -0.3 is 4.90 Å². The molecule has 8 rings (SSSR count). The highest BCUT2D eigenvalue weighted by molar-refractivity contribution is 6.13. The van der Waals surface area contributed by atoms with Gasteiger partial charge in [-0.05, 0) is 92.8 Å². The third kappa shape index (κ3) is 5.11. The molecule has 0 N–H and O–H groups in total. The largest absolute Gasteiger partial charge is 0.310 e. The predicted octanol–water partition coefficient (Wildman–Crippen LogP) is 12.0. The third-order valence-electron chi connectivity index (χ3n) is 9.12. The lowest BCUT2D eigenvalue weighted by atomic mass is 9.91. The lowest BCUT2D eigenvalue weighted by Crippen LogP contribution is -2.09. The Hall–Kier alpha value is -6.68. The van der Waals surface area contributed by atoms with Crippen LogP contribution in [-0.4, -0.2) is 0 Å². The molecule has 0 spiro atoms. The molecule has 0 aliphatic heterocycles. The van der Waals surface area contributed by atoms with E-state index in [0.717, 1.165) is 55.3 Å². The number of anilines is 3. The predicted molar refractivity (Wildman–Crippen MR) is 201 cm³/mol. The van der Waals surface area contributed by atoms with E-state index < -0.39 is 0 Å². The number of hydrogen-bond donors (Lipinski definition) is 0. The average molecular weight is 612 g/mol. The second kappa shape index (κ2) is 11.9. The molecule has 48 heavy (non-hydrogen) atoms. The van der Waals surface area contributed by atoms with Gasteiger partial charge in [-0.3, -0.25) is 0 Å². The SMILES string of the molecule is Cc1ccc2c(c1)c(C#N)c(C#N)c1cc(C=Cc3ccc(N(c4ccc5ccccc5c4)c4ccc5ccccc5c4)cc3)ccc12. The van der Waals surface area contributed by atoms with Crippen molar-refractivity contribution in [1.29, 1.82) is 10.5 Å². The molecule has 8 aromatic carbocycles. The first-order valence-corrected chi connectivity index (χ1v) is 16.0. The summed E-state index contributed by atoms with van der Waals surface area (Å²) in [6.45, 7) is 2.00. The van der Waals surface area contributed by atoms with Crippen LogP contribution in [0.5, 0.6) is 0 Å². The van der Waals surface area contributed by atoms with Gasteiger partial charge in [0.1, 0.15) is 12.1 Å². The maximum atomic E-state index is 10.1. The van der Waals surface area contributed by atoms with E-state index in [1.54, 1.807) is 0 Å². The summed E-state index contributed by atoms with van der Waals surface area (Å²) in [5.74, 6) is 0. The first kappa shape index (κ1) is 28.8. The van der Waals surface area contributed by atoms with Crippen molar-refractivity contribution in [3.05, 3.63) is 173 Å². The summed E-state index contributed by atoms with van der Waals surface area (Å²) in [7, 11) is 0. The molecule has 0 amide bonds. The summed E-state index contributed by atoms with van der Waals surface area (Å²) in [4.78, 5) is 2.30. The fraction of sp³-hybridized carbons (Fsp3) is 0.0222. The third-order valence-corrected chi connectivity index (χ3v) is 9.12. The van der Waals surface area contributed by atoms with Gasteiger partial charge in [-0.25, -0.2) is 0 Å². The standard InChI is InChI=1S/C45H29N3/c1-30-10-22-40-41-23-15-32(25-43(41)45(29-47)44(28-46)42(40)24-30)12-11-31-13-18-37(19-14-31)48(38-20-16-33-6-2-4-8-35(33)26-38)39-21-17-34-7-3-5-9-36(34)27-39/h2-27H,1H3. The van der Waals surface area contributed by atoms with Crippen molar-refractivity contribution in [3.8, 4) is 12.1 Å². The van der Waals surface area contributed by atoms with E-state index in [0.29, 0.717) is 11.1 Å². The van der Waals surface area contributed by atoms with Crippen LogP contribution in [0, 0.1) is 29.6 Å². The zero-order chi connectivity index (χ0) is 32.6. The Bertz CT molecular complexity index is 2570. The van der Waals surface area contributed by atoms with Crippen LogP contribution in [0.3, 0.4) is 0 Å². The van der Waals surface area contributed by atoms with E-state index >= 15 is 0 Å². The van der Waals surface area contributed by atoms with Crippen molar-refractivity contribution in [2.75, 3.05) is 4.90 Å². The van der Waals surface area contributed by atoms with E-state index in [-0.39, 0.29) is 0 Å². The lowest BCUT2D eigenvalue weighted by Gasteiger charge is -2.26. The molecule has 0 aliphatic carbocycles. The molecule has 0 radical (unpaired) electrons. The zero-order valence-electron chi connectivity index (χ0n) is 26.4. The van der Waals surface area contributed by atoms with Gasteiger partial charge in [0.2, 0.25) is 0 Å². The second-order valence-corrected chi connectivity index (χ2v) is 12.2. The van der Waals surface area contributed by atoms with Crippen molar-refractivity contribution in [2.45, 2.75) is 6.92 Å². The van der Waals surface area contributed by atoms with Gasteiger partial charge in [0.05, 0.1) is 11.1 Å². The van der Waals surface area contributed by atoms with Crippen molar-refractivity contribution in [3.63, 3.8) is 0 Å². The van der Waals surface area contributed by atoms with Crippen molar-refractivity contribution in [2.24, 2.45) is 0 Å². The second-order valence-electron chi connectivity index (χ2n) is 12.2. The average Bonchev–Trinajstić information content (AvgIpc) is 3.13. The first-order chi connectivity index (χ1) is 23.6. The smallest absolute Gasteiger partial charge is 0.101 e. The van der Waals surface area contributed by atoms with Crippen LogP contribution >= 0.6 is 0 Å². The summed E-state index contributed by atoms with van der Waals surface area (Å²) >= 11 is 0. The van der Waals surface area contributed by atoms with Crippen molar-refractivity contribution < 1.29 is 0 Å². The molecule has 0 aliphatic rings. The van der Waals surface area contributed by atoms with Gasteiger partial charge in [0.25, 0.3) is 0 Å². The molecule has 0 saturated carbocycles.